The predicted octanol–water partition coefficient (Wildman–Crippen LogP) is 1.55. The fourth-order valence-corrected chi connectivity index (χ4v) is 2.30. The Hall–Kier alpha value is -1.55. The van der Waals surface area contributed by atoms with Crippen LogP contribution in [0.5, 0.6) is 0 Å². The fraction of sp³-hybridized carbons (Fsp3) is 0.533. The van der Waals surface area contributed by atoms with Crippen LogP contribution in [0.25, 0.3) is 0 Å². The first-order valence-corrected chi connectivity index (χ1v) is 6.75. The van der Waals surface area contributed by atoms with Crippen LogP contribution in [-0.2, 0) is 11.2 Å². The number of aliphatic hydroxyl groups is 1. The van der Waals surface area contributed by atoms with Gasteiger partial charge in [0.15, 0.2) is 0 Å². The van der Waals surface area contributed by atoms with Gasteiger partial charge < -0.3 is 15.7 Å². The highest BCUT2D eigenvalue weighted by molar-refractivity contribution is 5.87. The van der Waals surface area contributed by atoms with Gasteiger partial charge in [0.25, 0.3) is 0 Å². The maximum atomic E-state index is 12.1. The lowest BCUT2D eigenvalue weighted by Gasteiger charge is -2.24. The van der Waals surface area contributed by atoms with Crippen LogP contribution in [0.1, 0.15) is 25.8 Å². The highest BCUT2D eigenvalue weighted by Gasteiger charge is 2.27. The van der Waals surface area contributed by atoms with Crippen LogP contribution < -0.4 is 10.6 Å². The molecule has 2 rings (SSSR count). The molecule has 0 fully saturated rings. The molecule has 1 amide bonds. The van der Waals surface area contributed by atoms with Crippen molar-refractivity contribution in [2.45, 2.75) is 32.7 Å². The standard InChI is InChI=1S/C15H22N2O2/c1-15(2,7-8-18)10-16-14(19)13-9-11-5-3-4-6-12(11)17-13/h3-6,13,17-18H,7-10H2,1-2H3,(H,16,19). The Kier molecular flexibility index (Phi) is 4.10. The Bertz CT molecular complexity index is 432. The van der Waals surface area contributed by atoms with Crippen molar-refractivity contribution in [3.8, 4) is 0 Å². The fourth-order valence-electron chi connectivity index (χ4n) is 2.30. The zero-order valence-electron chi connectivity index (χ0n) is 11.6. The van der Waals surface area contributed by atoms with E-state index in [2.05, 4.69) is 10.6 Å². The second-order valence-electron chi connectivity index (χ2n) is 5.91. The molecule has 1 aliphatic heterocycles. The van der Waals surface area contributed by atoms with Crippen molar-refractivity contribution < 1.29 is 9.90 Å². The molecule has 0 aromatic heterocycles. The molecule has 19 heavy (non-hydrogen) atoms. The van der Waals surface area contributed by atoms with E-state index < -0.39 is 0 Å². The largest absolute Gasteiger partial charge is 0.396 e. The van der Waals surface area contributed by atoms with E-state index >= 15 is 0 Å². The summed E-state index contributed by atoms with van der Waals surface area (Å²) in [5.74, 6) is 0.0298. The zero-order chi connectivity index (χ0) is 13.9. The van der Waals surface area contributed by atoms with Crippen LogP contribution in [0, 0.1) is 5.41 Å². The number of anilines is 1. The number of amides is 1. The molecule has 0 saturated carbocycles. The van der Waals surface area contributed by atoms with Gasteiger partial charge in [0.1, 0.15) is 6.04 Å². The quantitative estimate of drug-likeness (QED) is 0.754. The first kappa shape index (κ1) is 13.9. The maximum Gasteiger partial charge on any atom is 0.242 e. The summed E-state index contributed by atoms with van der Waals surface area (Å²) in [6.45, 7) is 4.82. The number of carbonyl (C=O) groups excluding carboxylic acids is 1. The Balaban J connectivity index is 1.86. The van der Waals surface area contributed by atoms with Gasteiger partial charge in [0, 0.05) is 25.3 Å². The predicted molar refractivity (Wildman–Crippen MR) is 76.1 cm³/mol. The van der Waals surface area contributed by atoms with Gasteiger partial charge in [-0.2, -0.15) is 0 Å². The molecule has 1 unspecified atom stereocenters. The molecule has 4 heteroatoms. The molecule has 1 aromatic rings. The summed E-state index contributed by atoms with van der Waals surface area (Å²) in [6.07, 6.45) is 1.42. The molecule has 3 N–H and O–H groups in total. The van der Waals surface area contributed by atoms with E-state index in [1.165, 1.54) is 5.56 Å². The average Bonchev–Trinajstić information content (AvgIpc) is 2.79. The van der Waals surface area contributed by atoms with Gasteiger partial charge in [0.2, 0.25) is 5.91 Å². The van der Waals surface area contributed by atoms with Gasteiger partial charge in [-0.3, -0.25) is 4.79 Å². The van der Waals surface area contributed by atoms with Crippen molar-refractivity contribution in [3.63, 3.8) is 0 Å². The molecule has 0 spiro atoms. The first-order chi connectivity index (χ1) is 9.02. The summed E-state index contributed by atoms with van der Waals surface area (Å²) in [5, 5.41) is 15.2. The minimum Gasteiger partial charge on any atom is -0.396 e. The van der Waals surface area contributed by atoms with Crippen LogP contribution in [0.2, 0.25) is 0 Å². The molecule has 104 valence electrons. The lowest BCUT2D eigenvalue weighted by molar-refractivity contribution is -0.122. The molecule has 1 atom stereocenters. The van der Waals surface area contributed by atoms with Crippen LogP contribution in [-0.4, -0.2) is 30.2 Å². The van der Waals surface area contributed by atoms with Gasteiger partial charge >= 0.3 is 0 Å². The SMILES string of the molecule is CC(C)(CCO)CNC(=O)C1Cc2ccccc2N1. The molecule has 1 aromatic carbocycles. The third-order valence-corrected chi connectivity index (χ3v) is 3.62. The smallest absolute Gasteiger partial charge is 0.242 e. The van der Waals surface area contributed by atoms with Gasteiger partial charge in [-0.1, -0.05) is 32.0 Å². The summed E-state index contributed by atoms with van der Waals surface area (Å²) in [7, 11) is 0. The second kappa shape index (κ2) is 5.61. The Morgan fingerprint density at radius 3 is 2.89 bits per heavy atom. The van der Waals surface area contributed by atoms with E-state index in [1.807, 2.05) is 38.1 Å². The van der Waals surface area contributed by atoms with Crippen LogP contribution >= 0.6 is 0 Å². The number of nitrogens with one attached hydrogen (secondary N) is 2. The number of hydrogen-bond acceptors (Lipinski definition) is 3. The van der Waals surface area contributed by atoms with Crippen molar-refractivity contribution in [1.82, 2.24) is 5.32 Å². The van der Waals surface area contributed by atoms with E-state index in [-0.39, 0.29) is 24.0 Å². The second-order valence-corrected chi connectivity index (χ2v) is 5.91. The number of para-hydroxylation sites is 1. The van der Waals surface area contributed by atoms with E-state index in [4.69, 9.17) is 5.11 Å². The Labute approximate surface area is 114 Å². The molecular formula is C15H22N2O2. The number of benzene rings is 1. The number of rotatable bonds is 5. The van der Waals surface area contributed by atoms with Crippen LogP contribution in [0.15, 0.2) is 24.3 Å². The van der Waals surface area contributed by atoms with Crippen molar-refractivity contribution in [3.05, 3.63) is 29.8 Å². The molecular weight excluding hydrogens is 240 g/mol. The summed E-state index contributed by atoms with van der Waals surface area (Å²) >= 11 is 0. The normalized spacial score (nSPS) is 17.7. The number of fused-ring (bicyclic) bond motifs is 1. The average molecular weight is 262 g/mol. The first-order valence-electron chi connectivity index (χ1n) is 6.75. The molecule has 1 heterocycles. The number of hydrogen-bond donors (Lipinski definition) is 3. The molecule has 1 aliphatic rings. The summed E-state index contributed by atoms with van der Waals surface area (Å²) in [5.41, 5.74) is 2.17. The van der Waals surface area contributed by atoms with Gasteiger partial charge in [-0.05, 0) is 23.5 Å². The highest BCUT2D eigenvalue weighted by atomic mass is 16.3. The minimum atomic E-state index is -0.178. The Morgan fingerprint density at radius 1 is 1.47 bits per heavy atom. The van der Waals surface area contributed by atoms with Crippen molar-refractivity contribution >= 4 is 11.6 Å². The van der Waals surface area contributed by atoms with E-state index in [1.54, 1.807) is 0 Å². The van der Waals surface area contributed by atoms with Gasteiger partial charge in [-0.15, -0.1) is 0 Å². The van der Waals surface area contributed by atoms with E-state index in [0.717, 1.165) is 12.1 Å². The molecule has 0 saturated heterocycles. The maximum absolute atomic E-state index is 12.1. The topological polar surface area (TPSA) is 61.4 Å². The molecule has 4 nitrogen and oxygen atoms in total. The molecule has 0 bridgehead atoms. The van der Waals surface area contributed by atoms with Crippen LogP contribution in [0.4, 0.5) is 5.69 Å². The lowest BCUT2D eigenvalue weighted by Crippen LogP contribution is -2.42. The molecule has 0 aliphatic carbocycles. The summed E-state index contributed by atoms with van der Waals surface area (Å²) < 4.78 is 0. The van der Waals surface area contributed by atoms with Gasteiger partial charge in [-0.25, -0.2) is 0 Å². The van der Waals surface area contributed by atoms with E-state index in [9.17, 15) is 4.79 Å². The summed E-state index contributed by atoms with van der Waals surface area (Å²) in [4.78, 5) is 12.1. The Morgan fingerprint density at radius 2 is 2.21 bits per heavy atom. The third kappa shape index (κ3) is 3.47. The van der Waals surface area contributed by atoms with Crippen LogP contribution in [0.3, 0.4) is 0 Å². The van der Waals surface area contributed by atoms with Gasteiger partial charge in [0.05, 0.1) is 0 Å². The van der Waals surface area contributed by atoms with E-state index in [0.29, 0.717) is 13.0 Å². The lowest BCUT2D eigenvalue weighted by atomic mass is 9.89. The highest BCUT2D eigenvalue weighted by Crippen LogP contribution is 2.25. The van der Waals surface area contributed by atoms with Crippen molar-refractivity contribution in [2.24, 2.45) is 5.41 Å². The zero-order valence-corrected chi connectivity index (χ0v) is 11.6. The molecule has 0 radical (unpaired) electrons. The number of aliphatic hydroxyl groups excluding tert-OH is 1. The number of carbonyl (C=O) groups is 1. The third-order valence-electron chi connectivity index (χ3n) is 3.62. The van der Waals surface area contributed by atoms with Crippen molar-refractivity contribution in [2.75, 3.05) is 18.5 Å². The monoisotopic (exact) mass is 262 g/mol. The van der Waals surface area contributed by atoms with Crippen molar-refractivity contribution in [1.29, 1.82) is 0 Å². The minimum absolute atomic E-state index is 0.0298. The summed E-state index contributed by atoms with van der Waals surface area (Å²) in [6, 6.07) is 7.83.